The van der Waals surface area contributed by atoms with E-state index < -0.39 is 0 Å². The molecule has 3 N–H and O–H groups in total. The monoisotopic (exact) mass is 535 g/mol. The summed E-state index contributed by atoms with van der Waals surface area (Å²) in [7, 11) is 7.65. The van der Waals surface area contributed by atoms with Crippen molar-refractivity contribution in [2.24, 2.45) is 0 Å². The number of aromatic amines is 1. The number of alkyl halides is 1. The van der Waals surface area contributed by atoms with Crippen LogP contribution in [0.5, 0.6) is 5.75 Å². The second kappa shape index (κ2) is 12.1. The highest BCUT2D eigenvalue weighted by Gasteiger charge is 2.18. The molecule has 200 valence electrons. The largest absolute Gasteiger partial charge is 0.494 e. The van der Waals surface area contributed by atoms with E-state index in [9.17, 15) is 4.79 Å². The molecule has 0 atom stereocenters. The highest BCUT2D eigenvalue weighted by atomic mass is 35.5. The number of anilines is 4. The third-order valence-corrected chi connectivity index (χ3v) is 6.45. The van der Waals surface area contributed by atoms with Crippen LogP contribution in [0, 0.1) is 6.92 Å². The number of nitrogens with one attached hydrogen (secondary N) is 3. The molecule has 0 unspecified atom stereocenters. The zero-order valence-electron chi connectivity index (χ0n) is 22.4. The number of ether oxygens (including phenoxy) is 1. The standard InChI is InChI=1S/C28H34ClN7O2/c1-18-27(19-8-6-7-9-20(19)31-18)21-11-13-30-28(33-21)34-23-16-22(32-26(37)10-12-29)24(17-25(23)38-5)36(4)15-14-35(2)3/h6-9,11,13,16-17,31H,10,12,14-15H2,1-5H3,(H,32,37)(H,30,33,34). The second-order valence-electron chi connectivity index (χ2n) is 9.34. The van der Waals surface area contributed by atoms with Gasteiger partial charge in [0.05, 0.1) is 29.9 Å². The molecule has 2 aromatic carbocycles. The van der Waals surface area contributed by atoms with E-state index in [0.29, 0.717) is 23.1 Å². The number of H-pyrrole nitrogens is 1. The molecule has 0 aliphatic heterocycles. The minimum absolute atomic E-state index is 0.161. The minimum atomic E-state index is -0.161. The summed E-state index contributed by atoms with van der Waals surface area (Å²) in [6.07, 6.45) is 1.94. The lowest BCUT2D eigenvalue weighted by Gasteiger charge is -2.26. The Labute approximate surface area is 228 Å². The molecule has 0 aliphatic carbocycles. The fourth-order valence-corrected chi connectivity index (χ4v) is 4.48. The molecule has 0 fully saturated rings. The summed E-state index contributed by atoms with van der Waals surface area (Å²) in [5.74, 6) is 1.10. The third kappa shape index (κ3) is 6.17. The fraction of sp³-hybridized carbons (Fsp3) is 0.321. The number of nitrogens with zero attached hydrogens (tertiary/aromatic N) is 4. The number of halogens is 1. The fourth-order valence-electron chi connectivity index (χ4n) is 4.31. The van der Waals surface area contributed by atoms with Crippen LogP contribution in [0.15, 0.2) is 48.7 Å². The van der Waals surface area contributed by atoms with Gasteiger partial charge in [-0.1, -0.05) is 18.2 Å². The summed E-state index contributed by atoms with van der Waals surface area (Å²) in [5.41, 5.74) is 6.03. The van der Waals surface area contributed by atoms with Gasteiger partial charge >= 0.3 is 0 Å². The Balaban J connectivity index is 1.70. The number of hydrogen-bond donors (Lipinski definition) is 3. The predicted octanol–water partition coefficient (Wildman–Crippen LogP) is 5.25. The molecule has 0 saturated carbocycles. The van der Waals surface area contributed by atoms with Gasteiger partial charge in [0, 0.05) is 66.9 Å². The van der Waals surface area contributed by atoms with Crippen LogP contribution in [0.25, 0.3) is 22.2 Å². The number of hydrogen-bond acceptors (Lipinski definition) is 7. The van der Waals surface area contributed by atoms with Crippen molar-refractivity contribution in [3.8, 4) is 17.0 Å². The number of benzene rings is 2. The zero-order valence-corrected chi connectivity index (χ0v) is 23.2. The van der Waals surface area contributed by atoms with Crippen LogP contribution in [0.3, 0.4) is 0 Å². The van der Waals surface area contributed by atoms with Gasteiger partial charge in [-0.3, -0.25) is 4.79 Å². The van der Waals surface area contributed by atoms with Gasteiger partial charge in [0.25, 0.3) is 0 Å². The van der Waals surface area contributed by atoms with Gasteiger partial charge in [-0.25, -0.2) is 9.97 Å². The molecule has 9 nitrogen and oxygen atoms in total. The highest BCUT2D eigenvalue weighted by molar-refractivity contribution is 6.19. The first-order valence-electron chi connectivity index (χ1n) is 12.4. The first-order valence-corrected chi connectivity index (χ1v) is 13.0. The molecular weight excluding hydrogens is 502 g/mol. The highest BCUT2D eigenvalue weighted by Crippen LogP contribution is 2.38. The van der Waals surface area contributed by atoms with E-state index in [0.717, 1.165) is 46.6 Å². The van der Waals surface area contributed by atoms with Gasteiger partial charge in [-0.05, 0) is 39.2 Å². The van der Waals surface area contributed by atoms with Crippen molar-refractivity contribution in [3.05, 3.63) is 54.4 Å². The number of para-hydroxylation sites is 1. The smallest absolute Gasteiger partial charge is 0.227 e. The van der Waals surface area contributed by atoms with Gasteiger partial charge in [0.1, 0.15) is 5.75 Å². The lowest BCUT2D eigenvalue weighted by molar-refractivity contribution is -0.115. The SMILES string of the molecule is COc1cc(N(C)CCN(C)C)c(NC(=O)CCCl)cc1Nc1nccc(-c2c(C)[nH]c3ccccc23)n1. The van der Waals surface area contributed by atoms with Crippen LogP contribution in [0.1, 0.15) is 12.1 Å². The van der Waals surface area contributed by atoms with E-state index in [-0.39, 0.29) is 18.2 Å². The summed E-state index contributed by atoms with van der Waals surface area (Å²) in [5, 5.41) is 7.39. The lowest BCUT2D eigenvalue weighted by atomic mass is 10.1. The third-order valence-electron chi connectivity index (χ3n) is 6.26. The average molecular weight is 536 g/mol. The number of aromatic nitrogens is 3. The predicted molar refractivity (Wildman–Crippen MR) is 156 cm³/mol. The van der Waals surface area contributed by atoms with Gasteiger partial charge in [-0.15, -0.1) is 11.6 Å². The second-order valence-corrected chi connectivity index (χ2v) is 9.72. The molecule has 10 heteroatoms. The molecule has 0 aliphatic rings. The van der Waals surface area contributed by atoms with E-state index in [2.05, 4.69) is 36.5 Å². The van der Waals surface area contributed by atoms with Gasteiger partial charge in [-0.2, -0.15) is 0 Å². The van der Waals surface area contributed by atoms with Crippen molar-refractivity contribution in [2.75, 3.05) is 62.8 Å². The summed E-state index contributed by atoms with van der Waals surface area (Å²) >= 11 is 5.81. The van der Waals surface area contributed by atoms with Crippen molar-refractivity contribution in [1.29, 1.82) is 0 Å². The van der Waals surface area contributed by atoms with Crippen LogP contribution in [-0.2, 0) is 4.79 Å². The number of rotatable bonds is 11. The van der Waals surface area contributed by atoms with Crippen LogP contribution in [0.2, 0.25) is 0 Å². The molecule has 0 bridgehead atoms. The topological polar surface area (TPSA) is 98.4 Å². The molecular formula is C28H34ClN7O2. The Bertz CT molecular complexity index is 1420. The minimum Gasteiger partial charge on any atom is -0.494 e. The summed E-state index contributed by atoms with van der Waals surface area (Å²) < 4.78 is 5.73. The van der Waals surface area contributed by atoms with E-state index in [1.54, 1.807) is 13.3 Å². The van der Waals surface area contributed by atoms with Crippen LogP contribution in [-0.4, -0.2) is 73.0 Å². The first-order chi connectivity index (χ1) is 18.3. The number of likely N-dealkylation sites (N-methyl/N-ethyl adjacent to an activating group) is 2. The summed E-state index contributed by atoms with van der Waals surface area (Å²) in [4.78, 5) is 29.4. The van der Waals surface area contributed by atoms with Crippen molar-refractivity contribution in [2.45, 2.75) is 13.3 Å². The van der Waals surface area contributed by atoms with Crippen molar-refractivity contribution in [1.82, 2.24) is 19.9 Å². The van der Waals surface area contributed by atoms with E-state index >= 15 is 0 Å². The van der Waals surface area contributed by atoms with E-state index in [1.165, 1.54) is 0 Å². The van der Waals surface area contributed by atoms with Crippen LogP contribution < -0.4 is 20.3 Å². The molecule has 38 heavy (non-hydrogen) atoms. The number of carbonyl (C=O) groups excluding carboxylic acids is 1. The maximum atomic E-state index is 12.5. The lowest BCUT2D eigenvalue weighted by Crippen LogP contribution is -2.29. The number of fused-ring (bicyclic) bond motifs is 1. The van der Waals surface area contributed by atoms with Gasteiger partial charge in [0.2, 0.25) is 11.9 Å². The van der Waals surface area contributed by atoms with Crippen molar-refractivity contribution < 1.29 is 9.53 Å². The molecule has 4 rings (SSSR count). The zero-order chi connectivity index (χ0) is 27.2. The quantitative estimate of drug-likeness (QED) is 0.226. The average Bonchev–Trinajstić information content (AvgIpc) is 3.23. The Hall–Kier alpha value is -3.82. The Morgan fingerprint density at radius 2 is 1.89 bits per heavy atom. The Kier molecular flexibility index (Phi) is 8.70. The molecule has 0 saturated heterocycles. The van der Waals surface area contributed by atoms with Gasteiger partial charge < -0.3 is 30.2 Å². The Morgan fingerprint density at radius 3 is 2.63 bits per heavy atom. The van der Waals surface area contributed by atoms with E-state index in [4.69, 9.17) is 21.3 Å². The normalized spacial score (nSPS) is 11.1. The first kappa shape index (κ1) is 27.2. The molecule has 2 aromatic heterocycles. The Morgan fingerprint density at radius 1 is 1.11 bits per heavy atom. The molecule has 0 radical (unpaired) electrons. The molecule has 0 spiro atoms. The van der Waals surface area contributed by atoms with Crippen LogP contribution in [0.4, 0.5) is 23.0 Å². The summed E-state index contributed by atoms with van der Waals surface area (Å²) in [6, 6.07) is 13.8. The summed E-state index contributed by atoms with van der Waals surface area (Å²) in [6.45, 7) is 3.65. The van der Waals surface area contributed by atoms with Gasteiger partial charge in [0.15, 0.2) is 0 Å². The van der Waals surface area contributed by atoms with Crippen molar-refractivity contribution >= 4 is 51.4 Å². The van der Waals surface area contributed by atoms with Crippen LogP contribution >= 0.6 is 11.6 Å². The number of amides is 1. The number of aryl methyl sites for hydroxylation is 1. The number of methoxy groups -OCH3 is 1. The maximum Gasteiger partial charge on any atom is 0.227 e. The molecule has 4 aromatic rings. The number of carbonyl (C=O) groups is 1. The molecule has 2 heterocycles. The maximum absolute atomic E-state index is 12.5. The van der Waals surface area contributed by atoms with Crippen molar-refractivity contribution in [3.63, 3.8) is 0 Å². The molecule has 1 amide bonds. The van der Waals surface area contributed by atoms with E-state index in [1.807, 2.05) is 64.5 Å².